The van der Waals surface area contributed by atoms with E-state index in [2.05, 4.69) is 11.4 Å². The number of hydrogen-bond acceptors (Lipinski definition) is 3. The Labute approximate surface area is 103 Å². The number of nitrogens with one attached hydrogen (secondary N) is 1. The molecule has 4 nitrogen and oxygen atoms in total. The van der Waals surface area contributed by atoms with Crippen LogP contribution in [0.15, 0.2) is 0 Å². The molecule has 0 bridgehead atoms. The predicted molar refractivity (Wildman–Crippen MR) is 65.0 cm³/mol. The molecule has 1 saturated carbocycles. The quantitative estimate of drug-likeness (QED) is 0.781. The van der Waals surface area contributed by atoms with Crippen LogP contribution < -0.4 is 5.32 Å². The number of amides is 1. The third-order valence-electron chi connectivity index (χ3n) is 3.86. The topological polar surface area (TPSA) is 73.1 Å². The van der Waals surface area contributed by atoms with Crippen molar-refractivity contribution in [1.82, 2.24) is 5.32 Å². The molecule has 1 aliphatic carbocycles. The average molecular weight is 238 g/mol. The van der Waals surface area contributed by atoms with Crippen LogP contribution in [0.25, 0.3) is 0 Å². The minimum Gasteiger partial charge on any atom is -0.396 e. The van der Waals surface area contributed by atoms with Crippen LogP contribution in [0.5, 0.6) is 0 Å². The molecule has 0 aromatic rings. The zero-order valence-corrected chi connectivity index (χ0v) is 10.7. The summed E-state index contributed by atoms with van der Waals surface area (Å²) in [5, 5.41) is 21.2. The Hall–Kier alpha value is -1.08. The molecule has 17 heavy (non-hydrogen) atoms. The van der Waals surface area contributed by atoms with Gasteiger partial charge in [-0.05, 0) is 25.7 Å². The molecule has 1 fully saturated rings. The molecule has 2 N–H and O–H groups in total. The molecule has 4 heteroatoms. The van der Waals surface area contributed by atoms with Crippen molar-refractivity contribution in [3.05, 3.63) is 0 Å². The van der Waals surface area contributed by atoms with E-state index >= 15 is 0 Å². The molecule has 0 aromatic heterocycles. The second-order valence-electron chi connectivity index (χ2n) is 5.18. The number of nitriles is 1. The van der Waals surface area contributed by atoms with Gasteiger partial charge in [0.15, 0.2) is 0 Å². The summed E-state index contributed by atoms with van der Waals surface area (Å²) < 4.78 is 0. The Morgan fingerprint density at radius 2 is 2.00 bits per heavy atom. The molecule has 1 aliphatic rings. The first kappa shape index (κ1) is 14.0. The second-order valence-corrected chi connectivity index (χ2v) is 5.18. The van der Waals surface area contributed by atoms with Crippen molar-refractivity contribution in [2.75, 3.05) is 6.61 Å². The molecule has 2 atom stereocenters. The molecule has 1 rings (SSSR count). The Kier molecular flexibility index (Phi) is 4.95. The van der Waals surface area contributed by atoms with Crippen LogP contribution in [0.3, 0.4) is 0 Å². The first-order chi connectivity index (χ1) is 8.05. The zero-order chi connectivity index (χ0) is 12.9. The fourth-order valence-corrected chi connectivity index (χ4v) is 2.19. The van der Waals surface area contributed by atoms with E-state index in [1.54, 1.807) is 0 Å². The van der Waals surface area contributed by atoms with E-state index in [-0.39, 0.29) is 24.5 Å². The lowest BCUT2D eigenvalue weighted by Gasteiger charge is -2.31. The van der Waals surface area contributed by atoms with Crippen molar-refractivity contribution in [1.29, 1.82) is 5.26 Å². The van der Waals surface area contributed by atoms with E-state index in [1.165, 1.54) is 0 Å². The van der Waals surface area contributed by atoms with E-state index in [9.17, 15) is 10.1 Å². The number of carbonyl (C=O) groups excluding carboxylic acids is 1. The summed E-state index contributed by atoms with van der Waals surface area (Å²) in [6, 6.07) is 2.11. The summed E-state index contributed by atoms with van der Waals surface area (Å²) in [4.78, 5) is 12.2. The third-order valence-corrected chi connectivity index (χ3v) is 3.86. The Morgan fingerprint density at radius 3 is 2.47 bits per heavy atom. The maximum Gasteiger partial charge on any atom is 0.240 e. The summed E-state index contributed by atoms with van der Waals surface area (Å²) in [5.41, 5.74) is -0.832. The molecular weight excluding hydrogens is 216 g/mol. The molecule has 0 saturated heterocycles. The van der Waals surface area contributed by atoms with Crippen molar-refractivity contribution < 1.29 is 9.90 Å². The lowest BCUT2D eigenvalue weighted by molar-refractivity contribution is -0.130. The van der Waals surface area contributed by atoms with E-state index < -0.39 is 5.41 Å². The molecule has 0 heterocycles. The van der Waals surface area contributed by atoms with Crippen molar-refractivity contribution in [2.45, 2.75) is 52.0 Å². The van der Waals surface area contributed by atoms with Gasteiger partial charge >= 0.3 is 0 Å². The van der Waals surface area contributed by atoms with Gasteiger partial charge in [0.25, 0.3) is 0 Å². The minimum absolute atomic E-state index is 0.0123. The van der Waals surface area contributed by atoms with Crippen LogP contribution >= 0.6 is 0 Å². The van der Waals surface area contributed by atoms with Gasteiger partial charge in [0.1, 0.15) is 5.41 Å². The summed E-state index contributed by atoms with van der Waals surface area (Å²) in [5.74, 6) is -0.147. The molecule has 0 aromatic carbocycles. The highest BCUT2D eigenvalue weighted by Crippen LogP contribution is 2.36. The van der Waals surface area contributed by atoms with Crippen LogP contribution in [-0.4, -0.2) is 23.7 Å². The number of rotatable bonds is 4. The van der Waals surface area contributed by atoms with Crippen molar-refractivity contribution in [3.8, 4) is 6.07 Å². The third kappa shape index (κ3) is 3.19. The molecular formula is C13H22N2O2. The Bertz CT molecular complexity index is 303. The van der Waals surface area contributed by atoms with E-state index in [1.807, 2.05) is 13.8 Å². The van der Waals surface area contributed by atoms with Gasteiger partial charge < -0.3 is 10.4 Å². The highest BCUT2D eigenvalue weighted by Gasteiger charge is 2.40. The van der Waals surface area contributed by atoms with Gasteiger partial charge in [-0.25, -0.2) is 0 Å². The van der Waals surface area contributed by atoms with Crippen LogP contribution in [0.1, 0.15) is 46.0 Å². The number of aliphatic hydroxyl groups is 1. The molecule has 0 spiro atoms. The van der Waals surface area contributed by atoms with Crippen LogP contribution in [0.2, 0.25) is 0 Å². The summed E-state index contributed by atoms with van der Waals surface area (Å²) in [6.07, 6.45) is 4.33. The zero-order valence-electron chi connectivity index (χ0n) is 10.7. The summed E-state index contributed by atoms with van der Waals surface area (Å²) in [6.45, 7) is 3.79. The van der Waals surface area contributed by atoms with Gasteiger partial charge in [-0.1, -0.05) is 26.2 Å². The highest BCUT2D eigenvalue weighted by atomic mass is 16.3. The fraction of sp³-hybridized carbons (Fsp3) is 0.846. The van der Waals surface area contributed by atoms with Crippen LogP contribution in [0.4, 0.5) is 0 Å². The van der Waals surface area contributed by atoms with Gasteiger partial charge in [0, 0.05) is 12.6 Å². The van der Waals surface area contributed by atoms with E-state index in [4.69, 9.17) is 5.11 Å². The molecule has 96 valence electrons. The van der Waals surface area contributed by atoms with Gasteiger partial charge in [-0.3, -0.25) is 4.79 Å². The van der Waals surface area contributed by atoms with Crippen molar-refractivity contribution >= 4 is 5.91 Å². The van der Waals surface area contributed by atoms with Crippen molar-refractivity contribution in [3.63, 3.8) is 0 Å². The minimum atomic E-state index is -0.832. The Morgan fingerprint density at radius 1 is 1.41 bits per heavy atom. The molecule has 0 aliphatic heterocycles. The summed E-state index contributed by atoms with van der Waals surface area (Å²) in [7, 11) is 0. The number of carbonyl (C=O) groups is 1. The second kappa shape index (κ2) is 6.02. The lowest BCUT2D eigenvalue weighted by atomic mass is 9.74. The van der Waals surface area contributed by atoms with Gasteiger partial charge in [-0.2, -0.15) is 5.26 Å². The maximum atomic E-state index is 12.2. The highest BCUT2D eigenvalue weighted by molar-refractivity contribution is 5.85. The standard InChI is InChI=1S/C13H22N2O2/c1-10(8-16)11(2)15-12(17)13(9-14)6-4-3-5-7-13/h10-11,16H,3-8H2,1-2H3,(H,15,17). The first-order valence-corrected chi connectivity index (χ1v) is 6.39. The number of aliphatic hydroxyl groups excluding tert-OH is 1. The predicted octanol–water partition coefficient (Wildman–Crippen LogP) is 1.59. The van der Waals surface area contributed by atoms with Gasteiger partial charge in [0.05, 0.1) is 6.07 Å². The normalized spacial score (nSPS) is 22.2. The first-order valence-electron chi connectivity index (χ1n) is 6.39. The van der Waals surface area contributed by atoms with Gasteiger partial charge in [-0.15, -0.1) is 0 Å². The number of nitrogens with zero attached hydrogens (tertiary/aromatic N) is 1. The van der Waals surface area contributed by atoms with Crippen LogP contribution in [0, 0.1) is 22.7 Å². The SMILES string of the molecule is CC(CO)C(C)NC(=O)C1(C#N)CCCCC1. The van der Waals surface area contributed by atoms with E-state index in [0.29, 0.717) is 12.8 Å². The van der Waals surface area contributed by atoms with Gasteiger partial charge in [0.2, 0.25) is 5.91 Å². The smallest absolute Gasteiger partial charge is 0.240 e. The molecule has 0 radical (unpaired) electrons. The average Bonchev–Trinajstić information content (AvgIpc) is 2.38. The Balaban J connectivity index is 2.64. The summed E-state index contributed by atoms with van der Waals surface area (Å²) >= 11 is 0. The maximum absolute atomic E-state index is 12.2. The molecule has 2 unspecified atom stereocenters. The molecule has 1 amide bonds. The fourth-order valence-electron chi connectivity index (χ4n) is 2.19. The monoisotopic (exact) mass is 238 g/mol. The number of hydrogen-bond donors (Lipinski definition) is 2. The van der Waals surface area contributed by atoms with Crippen LogP contribution in [-0.2, 0) is 4.79 Å². The van der Waals surface area contributed by atoms with E-state index in [0.717, 1.165) is 19.3 Å². The largest absolute Gasteiger partial charge is 0.396 e. The van der Waals surface area contributed by atoms with Crippen molar-refractivity contribution in [2.24, 2.45) is 11.3 Å². The lowest BCUT2D eigenvalue weighted by Crippen LogP contribution is -2.47.